The minimum atomic E-state index is -0.180. The fourth-order valence-electron chi connectivity index (χ4n) is 3.09. The number of esters is 1. The van der Waals surface area contributed by atoms with E-state index in [4.69, 9.17) is 0 Å². The Bertz CT molecular complexity index is 425. The molecule has 4 aliphatic heterocycles. The molecule has 0 radical (unpaired) electrons. The zero-order valence-corrected chi connectivity index (χ0v) is 11.5. The van der Waals surface area contributed by atoms with Crippen molar-refractivity contribution in [3.05, 3.63) is 0 Å². The van der Waals surface area contributed by atoms with Crippen molar-refractivity contribution in [3.63, 3.8) is 0 Å². The van der Waals surface area contributed by atoms with Crippen LogP contribution in [0.25, 0.3) is 0 Å². The number of unbranched alkanes of at least 4 members (excludes halogenated alkanes) is 1. The molecule has 4 heterocycles. The molecule has 3 atom stereocenters. The number of urea groups is 2. The lowest BCUT2D eigenvalue weighted by Crippen LogP contribution is -2.57. The highest BCUT2D eigenvalue weighted by Crippen LogP contribution is 2.47. The van der Waals surface area contributed by atoms with E-state index in [0.717, 1.165) is 25.0 Å². The second kappa shape index (κ2) is 4.70. The van der Waals surface area contributed by atoms with E-state index in [1.54, 1.807) is 0 Å². The highest BCUT2D eigenvalue weighted by atomic mass is 32.2. The Morgan fingerprint density at radius 2 is 2.05 bits per heavy atom. The molecule has 4 rings (SSSR count). The first kappa shape index (κ1) is 12.8. The fourth-order valence-corrected chi connectivity index (χ4v) is 4.72. The standard InChI is InChI=1S/C12H16N2O4S/c1-18-9(15)5-3-2-4-8-10-7(6-19-8)13-11(16)14(10)12(13)17/h7-8,10H,2-6H2,1H3/t7-,8-,10-/m1/s1. The third kappa shape index (κ3) is 1.82. The Morgan fingerprint density at radius 3 is 2.74 bits per heavy atom. The minimum Gasteiger partial charge on any atom is -0.469 e. The van der Waals surface area contributed by atoms with Crippen molar-refractivity contribution >= 4 is 29.8 Å². The molecule has 4 aliphatic rings. The molecule has 2 bridgehead atoms. The van der Waals surface area contributed by atoms with Crippen LogP contribution >= 0.6 is 11.8 Å². The van der Waals surface area contributed by atoms with Crippen molar-refractivity contribution in [1.82, 2.24) is 9.80 Å². The molecule has 4 amide bonds. The molecule has 4 saturated heterocycles. The maximum Gasteiger partial charge on any atom is 0.337 e. The molecule has 104 valence electrons. The molecule has 0 aromatic carbocycles. The number of nitrogens with zero attached hydrogens (tertiary/aromatic N) is 2. The van der Waals surface area contributed by atoms with Crippen molar-refractivity contribution < 1.29 is 19.1 Å². The van der Waals surface area contributed by atoms with Crippen LogP contribution in [0.3, 0.4) is 0 Å². The average molecular weight is 284 g/mol. The van der Waals surface area contributed by atoms with Gasteiger partial charge in [0.15, 0.2) is 0 Å². The summed E-state index contributed by atoms with van der Waals surface area (Å²) in [5.74, 6) is 0.667. The Hall–Kier alpha value is -1.24. The SMILES string of the molecule is COC(=O)CCCC[C@H]1SC[C@@H]2[C@H]1N1C(=O)N2C1=O. The molecule has 0 aromatic rings. The van der Waals surface area contributed by atoms with Gasteiger partial charge in [-0.2, -0.15) is 11.8 Å². The van der Waals surface area contributed by atoms with Crippen LogP contribution in [0.2, 0.25) is 0 Å². The summed E-state index contributed by atoms with van der Waals surface area (Å²) < 4.78 is 4.60. The smallest absolute Gasteiger partial charge is 0.337 e. The molecular weight excluding hydrogens is 268 g/mol. The van der Waals surface area contributed by atoms with Gasteiger partial charge in [0.25, 0.3) is 0 Å². The second-order valence-electron chi connectivity index (χ2n) is 5.06. The molecule has 7 heteroatoms. The summed E-state index contributed by atoms with van der Waals surface area (Å²) in [5, 5.41) is 0.322. The van der Waals surface area contributed by atoms with Crippen molar-refractivity contribution in [3.8, 4) is 0 Å². The highest BCUT2D eigenvalue weighted by molar-refractivity contribution is 8.00. The van der Waals surface area contributed by atoms with Crippen LogP contribution in [-0.4, -0.2) is 58.0 Å². The number of carbonyl (C=O) groups excluding carboxylic acids is 3. The number of amides is 4. The number of thioether (sulfide) groups is 1. The minimum absolute atomic E-state index is 0.0585. The molecule has 0 spiro atoms. The second-order valence-corrected chi connectivity index (χ2v) is 6.33. The molecule has 6 nitrogen and oxygen atoms in total. The third-order valence-corrected chi connectivity index (χ3v) is 5.53. The van der Waals surface area contributed by atoms with Crippen LogP contribution in [0.5, 0.6) is 0 Å². The van der Waals surface area contributed by atoms with Gasteiger partial charge in [-0.3, -0.25) is 4.79 Å². The highest BCUT2D eigenvalue weighted by Gasteiger charge is 2.66. The molecule has 0 saturated carbocycles. The van der Waals surface area contributed by atoms with Crippen molar-refractivity contribution in [2.24, 2.45) is 0 Å². The molecular formula is C12H16N2O4S. The quantitative estimate of drug-likeness (QED) is 0.434. The van der Waals surface area contributed by atoms with Crippen LogP contribution in [0.4, 0.5) is 9.59 Å². The van der Waals surface area contributed by atoms with Gasteiger partial charge in [0.05, 0.1) is 19.2 Å². The monoisotopic (exact) mass is 284 g/mol. The first-order valence-electron chi connectivity index (χ1n) is 6.50. The number of rotatable bonds is 5. The number of hydrogen-bond acceptors (Lipinski definition) is 5. The van der Waals surface area contributed by atoms with Crippen molar-refractivity contribution in [2.45, 2.75) is 43.0 Å². The van der Waals surface area contributed by atoms with E-state index in [0.29, 0.717) is 11.7 Å². The van der Waals surface area contributed by atoms with Crippen molar-refractivity contribution in [1.29, 1.82) is 0 Å². The Balaban J connectivity index is 1.50. The van der Waals surface area contributed by atoms with E-state index in [1.807, 2.05) is 11.8 Å². The molecule has 19 heavy (non-hydrogen) atoms. The van der Waals surface area contributed by atoms with E-state index in [2.05, 4.69) is 4.74 Å². The lowest BCUT2D eigenvalue weighted by atomic mass is 10.0. The van der Waals surface area contributed by atoms with Gasteiger partial charge in [0, 0.05) is 17.4 Å². The zero-order chi connectivity index (χ0) is 13.6. The van der Waals surface area contributed by atoms with Crippen LogP contribution in [0.1, 0.15) is 25.7 Å². The number of hydrogen-bond donors (Lipinski definition) is 0. The van der Waals surface area contributed by atoms with Crippen LogP contribution in [-0.2, 0) is 9.53 Å². The summed E-state index contributed by atoms with van der Waals surface area (Å²) in [6.45, 7) is 0. The van der Waals surface area contributed by atoms with E-state index in [-0.39, 0.29) is 30.1 Å². The summed E-state index contributed by atoms with van der Waals surface area (Å²) in [6, 6.07) is -0.113. The summed E-state index contributed by atoms with van der Waals surface area (Å²) in [6.07, 6.45) is 3.10. The Kier molecular flexibility index (Phi) is 3.16. The van der Waals surface area contributed by atoms with Gasteiger partial charge in [-0.15, -0.1) is 0 Å². The van der Waals surface area contributed by atoms with Crippen LogP contribution < -0.4 is 0 Å². The maximum atomic E-state index is 11.6. The molecule has 4 fully saturated rings. The fraction of sp³-hybridized carbons (Fsp3) is 0.750. The van der Waals surface area contributed by atoms with Gasteiger partial charge in [-0.1, -0.05) is 6.42 Å². The van der Waals surface area contributed by atoms with Crippen molar-refractivity contribution in [2.75, 3.05) is 12.9 Å². The Morgan fingerprint density at radius 1 is 1.32 bits per heavy atom. The predicted molar refractivity (Wildman–Crippen MR) is 68.8 cm³/mol. The van der Waals surface area contributed by atoms with Gasteiger partial charge in [-0.25, -0.2) is 19.4 Å². The number of imide groups is 2. The number of carbonyl (C=O) groups is 3. The molecule has 0 aromatic heterocycles. The molecule has 0 unspecified atom stereocenters. The molecule has 0 aliphatic carbocycles. The molecule has 0 N–H and O–H groups in total. The first-order chi connectivity index (χ1) is 9.15. The van der Waals surface area contributed by atoms with E-state index in [1.165, 1.54) is 16.9 Å². The van der Waals surface area contributed by atoms with Gasteiger partial charge in [0.1, 0.15) is 0 Å². The first-order valence-corrected chi connectivity index (χ1v) is 7.55. The van der Waals surface area contributed by atoms with Gasteiger partial charge < -0.3 is 4.74 Å². The lowest BCUT2D eigenvalue weighted by molar-refractivity contribution is -0.140. The zero-order valence-electron chi connectivity index (χ0n) is 10.7. The van der Waals surface area contributed by atoms with E-state index >= 15 is 0 Å². The number of methoxy groups -OCH3 is 1. The van der Waals surface area contributed by atoms with Crippen LogP contribution in [0, 0.1) is 0 Å². The van der Waals surface area contributed by atoms with E-state index in [9.17, 15) is 14.4 Å². The summed E-state index contributed by atoms with van der Waals surface area (Å²) in [7, 11) is 1.39. The summed E-state index contributed by atoms with van der Waals surface area (Å²) in [5.41, 5.74) is 0. The van der Waals surface area contributed by atoms with Gasteiger partial charge in [0.2, 0.25) is 0 Å². The van der Waals surface area contributed by atoms with Gasteiger partial charge in [-0.05, 0) is 12.8 Å². The predicted octanol–water partition coefficient (Wildman–Crippen LogP) is 1.44. The average Bonchev–Trinajstić information content (AvgIpc) is 3.00. The van der Waals surface area contributed by atoms with E-state index < -0.39 is 0 Å². The van der Waals surface area contributed by atoms with Gasteiger partial charge >= 0.3 is 18.0 Å². The lowest BCUT2D eigenvalue weighted by Gasteiger charge is -2.31. The summed E-state index contributed by atoms with van der Waals surface area (Å²) in [4.78, 5) is 37.0. The normalized spacial score (nSPS) is 31.5. The largest absolute Gasteiger partial charge is 0.469 e. The Labute approximate surface area is 115 Å². The maximum absolute atomic E-state index is 11.6. The topological polar surface area (TPSA) is 66.9 Å². The summed E-state index contributed by atoms with van der Waals surface area (Å²) >= 11 is 1.83. The number of ether oxygens (including phenoxy) is 1. The third-order valence-electron chi connectivity index (χ3n) is 4.06. The van der Waals surface area contributed by atoms with Crippen LogP contribution in [0.15, 0.2) is 0 Å².